The summed E-state index contributed by atoms with van der Waals surface area (Å²) in [5.74, 6) is -0.0118. The summed E-state index contributed by atoms with van der Waals surface area (Å²) < 4.78 is 0. The second kappa shape index (κ2) is 8.14. The molecule has 3 atom stereocenters. The van der Waals surface area contributed by atoms with Crippen LogP contribution in [0, 0.1) is 5.92 Å². The highest BCUT2D eigenvalue weighted by molar-refractivity contribution is 6.05. The van der Waals surface area contributed by atoms with E-state index in [1.807, 2.05) is 13.8 Å². The molecule has 136 valence electrons. The third-order valence-corrected chi connectivity index (χ3v) is 4.71. The summed E-state index contributed by atoms with van der Waals surface area (Å²) in [4.78, 5) is 35.0. The Kier molecular flexibility index (Phi) is 6.17. The summed E-state index contributed by atoms with van der Waals surface area (Å²) in [5.41, 5.74) is 2.32. The Labute approximate surface area is 148 Å². The van der Waals surface area contributed by atoms with E-state index in [1.165, 1.54) is 5.56 Å². The lowest BCUT2D eigenvalue weighted by molar-refractivity contribution is -0.127. The van der Waals surface area contributed by atoms with Gasteiger partial charge in [-0.3, -0.25) is 14.9 Å². The van der Waals surface area contributed by atoms with Crippen molar-refractivity contribution in [1.29, 1.82) is 0 Å². The average molecular weight is 345 g/mol. The van der Waals surface area contributed by atoms with Gasteiger partial charge in [-0.1, -0.05) is 52.0 Å². The van der Waals surface area contributed by atoms with Gasteiger partial charge in [0, 0.05) is 0 Å². The van der Waals surface area contributed by atoms with Crippen molar-refractivity contribution in [3.63, 3.8) is 0 Å². The van der Waals surface area contributed by atoms with Crippen LogP contribution in [0.2, 0.25) is 0 Å². The molecule has 0 saturated carbocycles. The van der Waals surface area contributed by atoms with Gasteiger partial charge in [-0.15, -0.1) is 0 Å². The van der Waals surface area contributed by atoms with Gasteiger partial charge in [0.15, 0.2) is 0 Å². The molecule has 25 heavy (non-hydrogen) atoms. The van der Waals surface area contributed by atoms with Crippen molar-refractivity contribution in [2.45, 2.75) is 58.5 Å². The Morgan fingerprint density at radius 3 is 2.20 bits per heavy atom. The molecule has 0 unspecified atom stereocenters. The van der Waals surface area contributed by atoms with Crippen LogP contribution in [0.3, 0.4) is 0 Å². The van der Waals surface area contributed by atoms with Crippen molar-refractivity contribution in [1.82, 2.24) is 16.0 Å². The lowest BCUT2D eigenvalue weighted by Gasteiger charge is -2.24. The highest BCUT2D eigenvalue weighted by Crippen LogP contribution is 2.25. The molecule has 1 aromatic rings. The predicted molar refractivity (Wildman–Crippen MR) is 95.9 cm³/mol. The molecule has 1 aromatic carbocycles. The minimum Gasteiger partial charge on any atom is -0.349 e. The molecule has 4 amide bonds. The van der Waals surface area contributed by atoms with Crippen LogP contribution >= 0.6 is 0 Å². The number of hydrogen-bond acceptors (Lipinski definition) is 3. The predicted octanol–water partition coefficient (Wildman–Crippen LogP) is 2.61. The summed E-state index contributed by atoms with van der Waals surface area (Å²) in [6.07, 6.45) is 1.02. The van der Waals surface area contributed by atoms with Gasteiger partial charge in [0.05, 0.1) is 12.5 Å². The molecular formula is C19H27N3O3. The molecule has 0 aliphatic carbocycles. The number of nitrogens with one attached hydrogen (secondary N) is 3. The van der Waals surface area contributed by atoms with Gasteiger partial charge < -0.3 is 10.6 Å². The number of imide groups is 1. The van der Waals surface area contributed by atoms with Gasteiger partial charge in [0.2, 0.25) is 5.91 Å². The van der Waals surface area contributed by atoms with Crippen molar-refractivity contribution >= 4 is 17.8 Å². The zero-order valence-corrected chi connectivity index (χ0v) is 15.3. The monoisotopic (exact) mass is 345 g/mol. The largest absolute Gasteiger partial charge is 0.349 e. The quantitative estimate of drug-likeness (QED) is 0.664. The van der Waals surface area contributed by atoms with Crippen LogP contribution in [0.25, 0.3) is 0 Å². The molecule has 6 heteroatoms. The number of benzene rings is 1. The maximum absolute atomic E-state index is 12.3. The van der Waals surface area contributed by atoms with Gasteiger partial charge in [-0.2, -0.15) is 0 Å². The van der Waals surface area contributed by atoms with E-state index in [-0.39, 0.29) is 24.3 Å². The summed E-state index contributed by atoms with van der Waals surface area (Å²) in [6.45, 7) is 8.43. The summed E-state index contributed by atoms with van der Waals surface area (Å²) in [5, 5.41) is 7.56. The first-order chi connectivity index (χ1) is 11.8. The Hall–Kier alpha value is -2.37. The molecule has 0 bridgehead atoms. The Morgan fingerprint density at radius 1 is 1.12 bits per heavy atom. The molecule has 1 aliphatic heterocycles. The SMILES string of the molecule is CC[C@H](C)c1ccc([C@H](NC(=O)C[C@H]2NC(=O)NC2=O)C(C)C)cc1. The van der Waals surface area contributed by atoms with Gasteiger partial charge in [-0.25, -0.2) is 4.79 Å². The van der Waals surface area contributed by atoms with E-state index in [2.05, 4.69) is 54.1 Å². The van der Waals surface area contributed by atoms with Gasteiger partial charge >= 0.3 is 6.03 Å². The van der Waals surface area contributed by atoms with E-state index >= 15 is 0 Å². The van der Waals surface area contributed by atoms with Crippen molar-refractivity contribution in [3.8, 4) is 0 Å². The van der Waals surface area contributed by atoms with Crippen LogP contribution in [0.4, 0.5) is 4.79 Å². The molecule has 6 nitrogen and oxygen atoms in total. The number of carbonyl (C=O) groups is 3. The van der Waals surface area contributed by atoms with Gasteiger partial charge in [-0.05, 0) is 29.4 Å². The van der Waals surface area contributed by atoms with Crippen LogP contribution < -0.4 is 16.0 Å². The fourth-order valence-corrected chi connectivity index (χ4v) is 2.92. The minimum absolute atomic E-state index is 0.0637. The highest BCUT2D eigenvalue weighted by atomic mass is 16.2. The van der Waals surface area contributed by atoms with E-state index < -0.39 is 18.0 Å². The second-order valence-corrected chi connectivity index (χ2v) is 6.98. The van der Waals surface area contributed by atoms with E-state index in [0.717, 1.165) is 12.0 Å². The van der Waals surface area contributed by atoms with Crippen LogP contribution in [0.15, 0.2) is 24.3 Å². The first-order valence-corrected chi connectivity index (χ1v) is 8.82. The summed E-state index contributed by atoms with van der Waals surface area (Å²) in [7, 11) is 0. The molecule has 0 radical (unpaired) electrons. The molecule has 1 heterocycles. The lowest BCUT2D eigenvalue weighted by atomic mass is 9.92. The number of rotatable bonds is 7. The number of urea groups is 1. The van der Waals surface area contributed by atoms with Crippen molar-refractivity contribution < 1.29 is 14.4 Å². The number of amides is 4. The molecule has 2 rings (SSSR count). The van der Waals surface area contributed by atoms with Crippen molar-refractivity contribution in [3.05, 3.63) is 35.4 Å². The number of hydrogen-bond donors (Lipinski definition) is 3. The zero-order valence-electron chi connectivity index (χ0n) is 15.3. The molecule has 1 saturated heterocycles. The molecular weight excluding hydrogens is 318 g/mol. The van der Waals surface area contributed by atoms with Crippen LogP contribution in [-0.4, -0.2) is 23.9 Å². The van der Waals surface area contributed by atoms with E-state index in [9.17, 15) is 14.4 Å². The molecule has 3 N–H and O–H groups in total. The fraction of sp³-hybridized carbons (Fsp3) is 0.526. The lowest BCUT2D eigenvalue weighted by Crippen LogP contribution is -2.38. The van der Waals surface area contributed by atoms with Gasteiger partial charge in [0.25, 0.3) is 5.91 Å². The Bertz CT molecular complexity index is 640. The first kappa shape index (κ1) is 19.0. The third kappa shape index (κ3) is 4.81. The van der Waals surface area contributed by atoms with Crippen molar-refractivity contribution in [2.24, 2.45) is 5.92 Å². The topological polar surface area (TPSA) is 87.3 Å². The normalized spacial score (nSPS) is 19.3. The smallest absolute Gasteiger partial charge is 0.322 e. The minimum atomic E-state index is -0.798. The van der Waals surface area contributed by atoms with Gasteiger partial charge in [0.1, 0.15) is 6.04 Å². The standard InChI is InChI=1S/C19H27N3O3/c1-5-12(4)13-6-8-14(9-7-13)17(11(2)3)21-16(23)10-15-18(24)22-19(25)20-15/h6-9,11-12,15,17H,5,10H2,1-4H3,(H,21,23)(H2,20,22,24,25)/t12-,15+,17+/m0/s1. The van der Waals surface area contributed by atoms with Crippen molar-refractivity contribution in [2.75, 3.05) is 0 Å². The maximum atomic E-state index is 12.3. The highest BCUT2D eigenvalue weighted by Gasteiger charge is 2.32. The molecule has 0 aromatic heterocycles. The van der Waals surface area contributed by atoms with Crippen LogP contribution in [-0.2, 0) is 9.59 Å². The van der Waals surface area contributed by atoms with Crippen LogP contribution in [0.5, 0.6) is 0 Å². The maximum Gasteiger partial charge on any atom is 0.322 e. The average Bonchev–Trinajstić information content (AvgIpc) is 2.89. The zero-order chi connectivity index (χ0) is 18.6. The molecule has 0 spiro atoms. The van der Waals surface area contributed by atoms with E-state index in [1.54, 1.807) is 0 Å². The summed E-state index contributed by atoms with van der Waals surface area (Å²) in [6, 6.07) is 6.83. The fourth-order valence-electron chi connectivity index (χ4n) is 2.92. The summed E-state index contributed by atoms with van der Waals surface area (Å²) >= 11 is 0. The Morgan fingerprint density at radius 2 is 1.72 bits per heavy atom. The third-order valence-electron chi connectivity index (χ3n) is 4.71. The molecule has 1 aliphatic rings. The first-order valence-electron chi connectivity index (χ1n) is 8.82. The van der Waals surface area contributed by atoms with Crippen LogP contribution in [0.1, 0.15) is 63.6 Å². The van der Waals surface area contributed by atoms with E-state index in [4.69, 9.17) is 0 Å². The second-order valence-electron chi connectivity index (χ2n) is 6.98. The van der Waals surface area contributed by atoms with E-state index in [0.29, 0.717) is 5.92 Å². The number of carbonyl (C=O) groups excluding carboxylic acids is 3. The molecule has 1 fully saturated rings. The Balaban J connectivity index is 2.04.